The maximum absolute atomic E-state index is 5.94. The van der Waals surface area contributed by atoms with E-state index in [1.165, 1.54) is 11.3 Å². The summed E-state index contributed by atoms with van der Waals surface area (Å²) in [6.07, 6.45) is 6.18. The van der Waals surface area contributed by atoms with Gasteiger partial charge in [0, 0.05) is 19.1 Å². The molecular weight excluding hydrogens is 236 g/mol. The van der Waals surface area contributed by atoms with Crippen LogP contribution in [0.4, 0.5) is 5.69 Å². The molecule has 0 aliphatic carbocycles. The van der Waals surface area contributed by atoms with E-state index in [-0.39, 0.29) is 0 Å². The minimum absolute atomic E-state index is 0.364. The number of rotatable bonds is 2. The maximum Gasteiger partial charge on any atom is 0.0757 e. The second kappa shape index (κ2) is 5.05. The van der Waals surface area contributed by atoms with E-state index in [1.54, 1.807) is 0 Å². The molecule has 0 spiro atoms. The third-order valence-electron chi connectivity index (χ3n) is 3.74. The van der Waals surface area contributed by atoms with Gasteiger partial charge in [0.05, 0.1) is 23.8 Å². The van der Waals surface area contributed by atoms with Crippen molar-refractivity contribution in [2.75, 3.05) is 18.0 Å². The Bertz CT molecular complexity index is 553. The van der Waals surface area contributed by atoms with Gasteiger partial charge < -0.3 is 10.6 Å². The molecule has 1 saturated heterocycles. The number of anilines is 1. The largest absolute Gasteiger partial charge is 0.369 e. The average molecular weight is 256 g/mol. The number of nitrogens with zero attached hydrogens (tertiary/aromatic N) is 3. The van der Waals surface area contributed by atoms with Crippen molar-refractivity contribution in [2.24, 2.45) is 5.73 Å². The lowest BCUT2D eigenvalue weighted by Gasteiger charge is -2.30. The van der Waals surface area contributed by atoms with Crippen molar-refractivity contribution in [3.8, 4) is 5.69 Å². The highest BCUT2D eigenvalue weighted by Crippen LogP contribution is 2.20. The highest BCUT2D eigenvalue weighted by Gasteiger charge is 2.17. The topological polar surface area (TPSA) is 47.1 Å². The smallest absolute Gasteiger partial charge is 0.0757 e. The van der Waals surface area contributed by atoms with E-state index in [2.05, 4.69) is 47.4 Å². The van der Waals surface area contributed by atoms with Gasteiger partial charge in [0.25, 0.3) is 0 Å². The van der Waals surface area contributed by atoms with Crippen LogP contribution in [0.25, 0.3) is 5.69 Å². The van der Waals surface area contributed by atoms with Gasteiger partial charge in [0.15, 0.2) is 0 Å². The van der Waals surface area contributed by atoms with Crippen LogP contribution < -0.4 is 10.6 Å². The molecule has 0 bridgehead atoms. The molecule has 1 aliphatic heterocycles. The summed E-state index contributed by atoms with van der Waals surface area (Å²) in [4.78, 5) is 2.36. The molecule has 4 heteroatoms. The quantitative estimate of drug-likeness (QED) is 0.895. The molecule has 4 nitrogen and oxygen atoms in total. The van der Waals surface area contributed by atoms with Gasteiger partial charge in [0.1, 0.15) is 0 Å². The van der Waals surface area contributed by atoms with Gasteiger partial charge in [-0.2, -0.15) is 5.10 Å². The van der Waals surface area contributed by atoms with Crippen molar-refractivity contribution in [3.63, 3.8) is 0 Å². The monoisotopic (exact) mass is 256 g/mol. The van der Waals surface area contributed by atoms with Crippen molar-refractivity contribution >= 4 is 5.69 Å². The number of aromatic nitrogens is 2. The van der Waals surface area contributed by atoms with Gasteiger partial charge >= 0.3 is 0 Å². The van der Waals surface area contributed by atoms with E-state index >= 15 is 0 Å². The van der Waals surface area contributed by atoms with Crippen molar-refractivity contribution < 1.29 is 0 Å². The zero-order chi connectivity index (χ0) is 13.2. The van der Waals surface area contributed by atoms with E-state index < -0.39 is 0 Å². The minimum atomic E-state index is 0.364. The summed E-state index contributed by atoms with van der Waals surface area (Å²) in [6.45, 7) is 4.15. The van der Waals surface area contributed by atoms with E-state index in [0.717, 1.165) is 31.6 Å². The number of benzene rings is 1. The summed E-state index contributed by atoms with van der Waals surface area (Å²) in [7, 11) is 0. The van der Waals surface area contributed by atoms with Gasteiger partial charge in [-0.05, 0) is 37.5 Å². The van der Waals surface area contributed by atoms with E-state index in [4.69, 9.17) is 5.73 Å². The molecule has 19 heavy (non-hydrogen) atoms. The molecule has 2 aromatic rings. The van der Waals surface area contributed by atoms with E-state index in [1.807, 2.05) is 10.9 Å². The van der Waals surface area contributed by atoms with Gasteiger partial charge in [-0.3, -0.25) is 0 Å². The Hall–Kier alpha value is -1.81. The van der Waals surface area contributed by atoms with Crippen LogP contribution in [0.5, 0.6) is 0 Å². The van der Waals surface area contributed by atoms with Crippen LogP contribution in [0, 0.1) is 6.92 Å². The van der Waals surface area contributed by atoms with Crippen molar-refractivity contribution in [1.82, 2.24) is 9.78 Å². The molecule has 0 amide bonds. The first kappa shape index (κ1) is 12.2. The summed E-state index contributed by atoms with van der Waals surface area (Å²) in [5.41, 5.74) is 9.49. The minimum Gasteiger partial charge on any atom is -0.369 e. The zero-order valence-corrected chi connectivity index (χ0v) is 11.3. The first-order chi connectivity index (χ1) is 9.22. The van der Waals surface area contributed by atoms with Crippen molar-refractivity contribution in [3.05, 3.63) is 42.2 Å². The molecule has 0 unspecified atom stereocenters. The lowest BCUT2D eigenvalue weighted by atomic mass is 10.1. The number of nitrogens with two attached hydrogens (primary N) is 1. The molecule has 1 fully saturated rings. The highest BCUT2D eigenvalue weighted by atomic mass is 15.3. The Kier molecular flexibility index (Phi) is 3.25. The van der Waals surface area contributed by atoms with E-state index in [0.29, 0.717) is 6.04 Å². The van der Waals surface area contributed by atoms with E-state index in [9.17, 15) is 0 Å². The van der Waals surface area contributed by atoms with Gasteiger partial charge in [0.2, 0.25) is 0 Å². The molecule has 2 N–H and O–H groups in total. The first-order valence-corrected chi connectivity index (χ1v) is 6.84. The molecule has 0 atom stereocenters. The Morgan fingerprint density at radius 3 is 2.74 bits per heavy atom. The predicted octanol–water partition coefficient (Wildman–Crippen LogP) is 2.11. The van der Waals surface area contributed by atoms with Crippen LogP contribution in [-0.2, 0) is 0 Å². The van der Waals surface area contributed by atoms with Crippen LogP contribution >= 0.6 is 0 Å². The van der Waals surface area contributed by atoms with Crippen molar-refractivity contribution in [2.45, 2.75) is 25.8 Å². The zero-order valence-electron chi connectivity index (χ0n) is 11.3. The Morgan fingerprint density at radius 1 is 1.21 bits per heavy atom. The lowest BCUT2D eigenvalue weighted by molar-refractivity contribution is 0.501. The van der Waals surface area contributed by atoms with Gasteiger partial charge in [-0.15, -0.1) is 0 Å². The molecule has 1 aliphatic rings. The molecule has 3 rings (SSSR count). The number of hydrogen-bond acceptors (Lipinski definition) is 3. The number of aryl methyl sites for hydroxylation is 1. The average Bonchev–Trinajstić information content (AvgIpc) is 2.89. The Morgan fingerprint density at radius 2 is 2.00 bits per heavy atom. The molecular formula is C15H20N4. The molecule has 1 aromatic heterocycles. The second-order valence-corrected chi connectivity index (χ2v) is 5.31. The molecule has 100 valence electrons. The predicted molar refractivity (Wildman–Crippen MR) is 77.7 cm³/mol. The fourth-order valence-corrected chi connectivity index (χ4v) is 2.55. The van der Waals surface area contributed by atoms with Crippen LogP contribution in [0.15, 0.2) is 36.7 Å². The number of hydrogen-bond donors (Lipinski definition) is 1. The fraction of sp³-hybridized carbons (Fsp3) is 0.400. The van der Waals surface area contributed by atoms with Crippen LogP contribution in [0.1, 0.15) is 18.4 Å². The number of piperidine rings is 1. The third kappa shape index (κ3) is 2.63. The molecule has 1 aromatic carbocycles. The second-order valence-electron chi connectivity index (χ2n) is 5.31. The Balaban J connectivity index is 1.80. The fourth-order valence-electron chi connectivity index (χ4n) is 2.55. The van der Waals surface area contributed by atoms with Crippen LogP contribution in [0.3, 0.4) is 0 Å². The molecule has 0 saturated carbocycles. The molecule has 0 radical (unpaired) electrons. The SMILES string of the molecule is Cc1cccc(-n2cc(N3CCC(N)CC3)cn2)c1. The van der Waals surface area contributed by atoms with Gasteiger partial charge in [-0.1, -0.05) is 12.1 Å². The van der Waals surface area contributed by atoms with Crippen LogP contribution in [0.2, 0.25) is 0 Å². The summed E-state index contributed by atoms with van der Waals surface area (Å²) in [5, 5.41) is 4.47. The summed E-state index contributed by atoms with van der Waals surface area (Å²) >= 11 is 0. The summed E-state index contributed by atoms with van der Waals surface area (Å²) < 4.78 is 1.94. The van der Waals surface area contributed by atoms with Gasteiger partial charge in [-0.25, -0.2) is 4.68 Å². The normalized spacial score (nSPS) is 16.8. The first-order valence-electron chi connectivity index (χ1n) is 6.84. The lowest BCUT2D eigenvalue weighted by Crippen LogP contribution is -2.39. The van der Waals surface area contributed by atoms with Crippen molar-refractivity contribution in [1.29, 1.82) is 0 Å². The summed E-state index contributed by atoms with van der Waals surface area (Å²) in [5.74, 6) is 0. The third-order valence-corrected chi connectivity index (χ3v) is 3.74. The van der Waals surface area contributed by atoms with Crippen LogP contribution in [-0.4, -0.2) is 28.9 Å². The summed E-state index contributed by atoms with van der Waals surface area (Å²) in [6, 6.07) is 8.74. The molecule has 2 heterocycles. The standard InChI is InChI=1S/C15H20N4/c1-12-3-2-4-14(9-12)19-11-15(10-17-19)18-7-5-13(16)6-8-18/h2-4,9-11,13H,5-8,16H2,1H3. The highest BCUT2D eigenvalue weighted by molar-refractivity contribution is 5.46. The Labute approximate surface area is 113 Å². The maximum atomic E-state index is 5.94.